The number of phenolic OH excluding ortho intramolecular Hbond substituents is 1. The van der Waals surface area contributed by atoms with Crippen LogP contribution in [0.4, 0.5) is 0 Å². The van der Waals surface area contributed by atoms with Gasteiger partial charge in [0, 0.05) is 80.6 Å². The van der Waals surface area contributed by atoms with Gasteiger partial charge in [0.2, 0.25) is 21.8 Å². The van der Waals surface area contributed by atoms with Gasteiger partial charge in [-0.15, -0.1) is 0 Å². The Kier molecular flexibility index (Phi) is 11.1. The number of carbonyl (C=O) groups is 2. The summed E-state index contributed by atoms with van der Waals surface area (Å²) in [6.07, 6.45) is 1.45. The van der Waals surface area contributed by atoms with Gasteiger partial charge in [-0.2, -0.15) is 4.31 Å². The van der Waals surface area contributed by atoms with Crippen molar-refractivity contribution in [1.29, 1.82) is 0 Å². The zero-order valence-corrected chi connectivity index (χ0v) is 29.3. The van der Waals surface area contributed by atoms with Gasteiger partial charge >= 0.3 is 0 Å². The summed E-state index contributed by atoms with van der Waals surface area (Å²) in [7, 11) is -9.97. The zero-order valence-electron chi connectivity index (χ0n) is 24.9. The first-order chi connectivity index (χ1) is 20.5. The largest absolute Gasteiger partial charge is 0.507 e. The molecule has 2 amide bonds. The third-order valence-corrected chi connectivity index (χ3v) is 11.2. The van der Waals surface area contributed by atoms with E-state index in [2.05, 4.69) is 17.2 Å². The van der Waals surface area contributed by atoms with Crippen molar-refractivity contribution in [3.8, 4) is 5.75 Å². The topological polar surface area (TPSA) is 184 Å². The summed E-state index contributed by atoms with van der Waals surface area (Å²) >= 11 is 0. The predicted octanol–water partition coefficient (Wildman–Crippen LogP) is 2.96. The molecular weight excluding hydrogens is 726 g/mol. The summed E-state index contributed by atoms with van der Waals surface area (Å²) in [6.45, 7) is 7.21. The van der Waals surface area contributed by atoms with Crippen molar-refractivity contribution < 1.29 is 61.0 Å². The quantitative estimate of drug-likeness (QED) is 0.0643. The molecule has 12 nitrogen and oxygen atoms in total. The Morgan fingerprint density at radius 3 is 2.02 bits per heavy atom. The molecule has 0 aliphatic rings. The Bertz CT molecular complexity index is 2120. The summed E-state index contributed by atoms with van der Waals surface area (Å²) in [5, 5.41) is 17.3. The van der Waals surface area contributed by atoms with Crippen LogP contribution in [0.15, 0.2) is 63.2 Å². The van der Waals surface area contributed by atoms with Gasteiger partial charge in [-0.1, -0.05) is 48.7 Å². The van der Waals surface area contributed by atoms with E-state index >= 15 is 0 Å². The SMILES string of the molecule is C=C(C)C(=O)NCCCNC(=O)C(CC)N(C)S(=O)(=O)c1cc(O)c2ccc3c([S-](=O)=O)cc(S(C)(=O)=O)c4ccc1c2c34.[Mo]. The molecule has 0 aromatic heterocycles. The number of hydrogen-bond acceptors (Lipinski definition) is 10. The van der Waals surface area contributed by atoms with Crippen molar-refractivity contribution >= 4 is 74.7 Å². The molecule has 0 fully saturated rings. The number of aromatic hydroxyl groups is 1. The van der Waals surface area contributed by atoms with Crippen molar-refractivity contribution in [2.24, 2.45) is 0 Å². The first-order valence-electron chi connectivity index (χ1n) is 13.5. The molecule has 45 heavy (non-hydrogen) atoms. The Labute approximate surface area is 277 Å². The Morgan fingerprint density at radius 1 is 0.933 bits per heavy atom. The van der Waals surface area contributed by atoms with Gasteiger partial charge in [0.05, 0.1) is 9.79 Å². The van der Waals surface area contributed by atoms with Crippen LogP contribution in [0.2, 0.25) is 0 Å². The van der Waals surface area contributed by atoms with Crippen LogP contribution in [0.3, 0.4) is 0 Å². The third kappa shape index (κ3) is 6.87. The van der Waals surface area contributed by atoms with Gasteiger partial charge < -0.3 is 24.2 Å². The molecule has 0 aliphatic carbocycles. The number of phenols is 1. The van der Waals surface area contributed by atoms with Gasteiger partial charge in [0.1, 0.15) is 11.8 Å². The second kappa shape index (κ2) is 13.7. The van der Waals surface area contributed by atoms with Crippen LogP contribution in [0.25, 0.3) is 32.3 Å². The Morgan fingerprint density at radius 2 is 1.47 bits per heavy atom. The molecule has 4 rings (SSSR count). The first-order valence-corrected chi connectivity index (χ1v) is 17.9. The van der Waals surface area contributed by atoms with Crippen LogP contribution < -0.4 is 10.6 Å². The number of likely N-dealkylation sites (N-methyl/N-ethyl adjacent to an activating group) is 1. The van der Waals surface area contributed by atoms with Crippen LogP contribution in [-0.4, -0.2) is 70.5 Å². The number of nitrogens with one attached hydrogen (secondary N) is 2. The van der Waals surface area contributed by atoms with Gasteiger partial charge in [-0.05, 0) is 41.2 Å². The van der Waals surface area contributed by atoms with Crippen LogP contribution in [-0.2, 0) is 69.6 Å². The van der Waals surface area contributed by atoms with Gasteiger partial charge in [0.25, 0.3) is 0 Å². The molecule has 0 radical (unpaired) electrons. The van der Waals surface area contributed by atoms with Crippen molar-refractivity contribution in [2.45, 2.75) is 47.4 Å². The smallest absolute Gasteiger partial charge is 0.246 e. The average Bonchev–Trinajstić information content (AvgIpc) is 2.95. The van der Waals surface area contributed by atoms with Gasteiger partial charge in [0.15, 0.2) is 9.84 Å². The minimum atomic E-state index is -4.46. The summed E-state index contributed by atoms with van der Waals surface area (Å²) in [5.41, 5.74) is 0.349. The fraction of sp³-hybridized carbons (Fsp3) is 0.310. The molecule has 0 bridgehead atoms. The minimum absolute atomic E-state index is 0. The van der Waals surface area contributed by atoms with E-state index in [-0.39, 0.29) is 93.5 Å². The monoisotopic (exact) mass is 760 g/mol. The fourth-order valence-electron chi connectivity index (χ4n) is 5.24. The van der Waals surface area contributed by atoms with Crippen LogP contribution >= 0.6 is 0 Å². The maximum atomic E-state index is 14.0. The molecular formula is C29H32MoN3O9S3-. The molecule has 0 spiro atoms. The molecule has 4 aromatic carbocycles. The van der Waals surface area contributed by atoms with E-state index in [0.717, 1.165) is 22.7 Å². The van der Waals surface area contributed by atoms with E-state index in [1.165, 1.54) is 31.3 Å². The van der Waals surface area contributed by atoms with Crippen molar-refractivity contribution in [3.05, 3.63) is 48.6 Å². The molecule has 0 saturated carbocycles. The van der Waals surface area contributed by atoms with Crippen LogP contribution in [0, 0.1) is 0 Å². The van der Waals surface area contributed by atoms with E-state index in [1.807, 2.05) is 0 Å². The molecule has 0 saturated heterocycles. The molecule has 1 atom stereocenters. The number of amides is 2. The number of benzene rings is 4. The van der Waals surface area contributed by atoms with Gasteiger partial charge in [-0.25, -0.2) is 16.8 Å². The van der Waals surface area contributed by atoms with E-state index < -0.39 is 48.3 Å². The normalized spacial score (nSPS) is 12.9. The zero-order chi connectivity index (χ0) is 32.7. The van der Waals surface area contributed by atoms with Crippen LogP contribution in [0.5, 0.6) is 5.75 Å². The maximum absolute atomic E-state index is 14.0. The van der Waals surface area contributed by atoms with E-state index in [9.17, 15) is 39.9 Å². The molecule has 0 aliphatic heterocycles. The Balaban J connectivity index is 0.00000552. The number of sulfone groups is 1. The molecule has 1 unspecified atom stereocenters. The number of hydrogen-bond donors (Lipinski definition) is 3. The summed E-state index contributed by atoms with van der Waals surface area (Å²) in [6, 6.07) is 6.69. The number of carbonyl (C=O) groups excluding carboxylic acids is 2. The average molecular weight is 759 g/mol. The molecule has 0 heterocycles. The second-order valence-corrected chi connectivity index (χ2v) is 15.3. The number of sulfonamides is 1. The molecule has 4 aromatic rings. The van der Waals surface area contributed by atoms with Crippen LogP contribution in [0.1, 0.15) is 26.7 Å². The summed E-state index contributed by atoms with van der Waals surface area (Å²) in [4.78, 5) is 23.8. The van der Waals surface area contributed by atoms with E-state index in [1.54, 1.807) is 13.8 Å². The minimum Gasteiger partial charge on any atom is -0.507 e. The van der Waals surface area contributed by atoms with Gasteiger partial charge in [-0.3, -0.25) is 9.59 Å². The number of nitrogens with zero attached hydrogens (tertiary/aromatic N) is 1. The second-order valence-electron chi connectivity index (χ2n) is 10.5. The maximum Gasteiger partial charge on any atom is 0.246 e. The molecule has 16 heteroatoms. The standard InChI is InChI=1S/C29H32N3O9S3.Mo/c1-6-21(29(35)31-13-7-12-30-28(34)16(2)3)32(4)44(40,41)25-14-22(33)17-8-9-18-23(42(36)37)15-24(43(5,38)39)19-10-11-20(25)26(17)27(18)19;/h8-11,14-15,21,33H,2,6-7,12-13H2,1,3-5H3,(H,30,34)(H,31,35);/q-1;. The number of rotatable bonds is 12. The van der Waals surface area contributed by atoms with Crippen molar-refractivity contribution in [2.75, 3.05) is 26.4 Å². The molecule has 242 valence electrons. The molecule has 3 N–H and O–H groups in total. The first kappa shape index (κ1) is 36.4. The van der Waals surface area contributed by atoms with Crippen molar-refractivity contribution in [1.82, 2.24) is 14.9 Å². The predicted molar refractivity (Wildman–Crippen MR) is 166 cm³/mol. The van der Waals surface area contributed by atoms with E-state index in [0.29, 0.717) is 12.0 Å². The fourth-order valence-corrected chi connectivity index (χ4v) is 8.38. The van der Waals surface area contributed by atoms with Crippen molar-refractivity contribution in [3.63, 3.8) is 0 Å². The third-order valence-electron chi connectivity index (χ3n) is 7.45. The Hall–Kier alpha value is -3.10. The summed E-state index contributed by atoms with van der Waals surface area (Å²) < 4.78 is 78.6. The van der Waals surface area contributed by atoms with E-state index in [4.69, 9.17) is 0 Å². The summed E-state index contributed by atoms with van der Waals surface area (Å²) in [5.74, 6) is -1.30.